The maximum absolute atomic E-state index is 13.7. The molecule has 4 atom stereocenters. The van der Waals surface area contributed by atoms with Crippen molar-refractivity contribution < 1.29 is 29.3 Å². The predicted octanol–water partition coefficient (Wildman–Crippen LogP) is 3.37. The molecule has 0 aromatic heterocycles. The van der Waals surface area contributed by atoms with Crippen LogP contribution in [-0.4, -0.2) is 40.6 Å². The van der Waals surface area contributed by atoms with E-state index in [1.807, 2.05) is 13.8 Å². The molecule has 2 aromatic carbocycles. The Bertz CT molecular complexity index is 1120. The van der Waals surface area contributed by atoms with Crippen molar-refractivity contribution in [1.29, 1.82) is 0 Å². The predicted molar refractivity (Wildman–Crippen MR) is 121 cm³/mol. The van der Waals surface area contributed by atoms with Gasteiger partial charge in [-0.05, 0) is 42.7 Å². The molecule has 9 heteroatoms. The quantitative estimate of drug-likeness (QED) is 0.552. The van der Waals surface area contributed by atoms with Crippen LogP contribution in [0.1, 0.15) is 31.9 Å². The van der Waals surface area contributed by atoms with Gasteiger partial charge in [0.05, 0.1) is 24.6 Å². The summed E-state index contributed by atoms with van der Waals surface area (Å²) in [5.41, 5.74) is -1.07. The number of phenols is 1. The van der Waals surface area contributed by atoms with Crippen molar-refractivity contribution in [2.24, 2.45) is 17.8 Å². The first-order chi connectivity index (χ1) is 15.6. The molecule has 2 fully saturated rings. The average Bonchev–Trinajstić information content (AvgIpc) is 3.23. The van der Waals surface area contributed by atoms with E-state index in [0.29, 0.717) is 16.3 Å². The number of carboxylic acid groups (broad SMARTS) is 1. The molecule has 174 valence electrons. The van der Waals surface area contributed by atoms with E-state index in [-0.39, 0.29) is 23.8 Å². The number of benzene rings is 2. The summed E-state index contributed by atoms with van der Waals surface area (Å²) in [4.78, 5) is 41.0. The first kappa shape index (κ1) is 23.1. The zero-order valence-electron chi connectivity index (χ0n) is 18.4. The van der Waals surface area contributed by atoms with Crippen LogP contribution in [-0.2, 0) is 14.4 Å². The standard InChI is InChI=1S/C24H25ClN2O6/c1-12(2)11-24(23(31)32)18-17(19(26-24)15-5-4-6-16(33-3)20(15)28)21(29)27(22(18)30)14-9-7-13(25)8-10-14/h4-10,12,17-19,26,28H,11H2,1-3H3,(H,31,32)/t17-,18-,19+,24+/m1/s1. The molecule has 2 heterocycles. The molecule has 0 saturated carbocycles. The van der Waals surface area contributed by atoms with Crippen LogP contribution in [0.5, 0.6) is 11.5 Å². The Morgan fingerprint density at radius 3 is 2.42 bits per heavy atom. The fourth-order valence-electron chi connectivity index (χ4n) is 5.19. The fraction of sp³-hybridized carbons (Fsp3) is 0.375. The van der Waals surface area contributed by atoms with Crippen LogP contribution in [0, 0.1) is 17.8 Å². The second-order valence-electron chi connectivity index (χ2n) is 8.89. The van der Waals surface area contributed by atoms with Crippen LogP contribution in [0.15, 0.2) is 42.5 Å². The summed E-state index contributed by atoms with van der Waals surface area (Å²) in [5, 5.41) is 24.7. The van der Waals surface area contributed by atoms with Crippen molar-refractivity contribution in [1.82, 2.24) is 5.32 Å². The van der Waals surface area contributed by atoms with Gasteiger partial charge in [0.15, 0.2) is 11.5 Å². The average molecular weight is 473 g/mol. The molecule has 3 N–H and O–H groups in total. The van der Waals surface area contributed by atoms with Crippen molar-refractivity contribution in [3.8, 4) is 11.5 Å². The molecule has 0 spiro atoms. The smallest absolute Gasteiger partial charge is 0.324 e. The van der Waals surface area contributed by atoms with Crippen LogP contribution in [0.4, 0.5) is 5.69 Å². The number of anilines is 1. The number of para-hydroxylation sites is 1. The second-order valence-corrected chi connectivity index (χ2v) is 9.32. The summed E-state index contributed by atoms with van der Waals surface area (Å²) in [6.07, 6.45) is 0.123. The number of ether oxygens (including phenoxy) is 1. The lowest BCUT2D eigenvalue weighted by Crippen LogP contribution is -2.56. The van der Waals surface area contributed by atoms with Crippen molar-refractivity contribution in [2.75, 3.05) is 12.0 Å². The minimum absolute atomic E-state index is 0.0839. The van der Waals surface area contributed by atoms with Gasteiger partial charge in [-0.25, -0.2) is 4.90 Å². The Morgan fingerprint density at radius 2 is 1.85 bits per heavy atom. The molecule has 2 aromatic rings. The summed E-state index contributed by atoms with van der Waals surface area (Å²) in [7, 11) is 1.40. The zero-order chi connectivity index (χ0) is 24.1. The van der Waals surface area contributed by atoms with Gasteiger partial charge in [-0.3, -0.25) is 19.7 Å². The van der Waals surface area contributed by atoms with Crippen molar-refractivity contribution in [3.05, 3.63) is 53.1 Å². The number of aromatic hydroxyl groups is 1. The molecule has 0 radical (unpaired) electrons. The second kappa shape index (κ2) is 8.35. The number of carbonyl (C=O) groups excluding carboxylic acids is 2. The highest BCUT2D eigenvalue weighted by atomic mass is 35.5. The molecule has 2 aliphatic heterocycles. The number of carboxylic acids is 1. The third-order valence-corrected chi connectivity index (χ3v) is 6.69. The normalized spacial score (nSPS) is 26.7. The number of nitrogens with one attached hydrogen (secondary N) is 1. The molecule has 0 unspecified atom stereocenters. The topological polar surface area (TPSA) is 116 Å². The first-order valence-corrected chi connectivity index (χ1v) is 11.0. The van der Waals surface area contributed by atoms with Gasteiger partial charge in [0.1, 0.15) is 5.54 Å². The maximum atomic E-state index is 13.7. The molecule has 2 amide bonds. The maximum Gasteiger partial charge on any atom is 0.324 e. The molecule has 8 nitrogen and oxygen atoms in total. The lowest BCUT2D eigenvalue weighted by Gasteiger charge is -2.32. The number of methoxy groups -OCH3 is 1. The van der Waals surface area contributed by atoms with Gasteiger partial charge < -0.3 is 14.9 Å². The highest BCUT2D eigenvalue weighted by Crippen LogP contribution is 2.53. The van der Waals surface area contributed by atoms with Gasteiger partial charge in [0, 0.05) is 16.6 Å². The Balaban J connectivity index is 1.89. The number of hydrogen-bond acceptors (Lipinski definition) is 6. The highest BCUT2D eigenvalue weighted by Gasteiger charge is 2.68. The molecule has 4 rings (SSSR count). The summed E-state index contributed by atoms with van der Waals surface area (Å²) >= 11 is 5.96. The van der Waals surface area contributed by atoms with Crippen LogP contribution in [0.2, 0.25) is 5.02 Å². The van der Waals surface area contributed by atoms with Crippen molar-refractivity contribution in [2.45, 2.75) is 31.8 Å². The van der Waals surface area contributed by atoms with Crippen LogP contribution in [0.3, 0.4) is 0 Å². The number of imide groups is 1. The molecule has 2 saturated heterocycles. The third-order valence-electron chi connectivity index (χ3n) is 6.44. The number of carbonyl (C=O) groups is 3. The summed E-state index contributed by atoms with van der Waals surface area (Å²) in [6.45, 7) is 3.71. The number of aliphatic carboxylic acids is 1. The third kappa shape index (κ3) is 3.54. The van der Waals surface area contributed by atoms with E-state index >= 15 is 0 Å². The van der Waals surface area contributed by atoms with Gasteiger partial charge in [0.25, 0.3) is 0 Å². The van der Waals surface area contributed by atoms with E-state index in [4.69, 9.17) is 16.3 Å². The number of rotatable bonds is 6. The lowest BCUT2D eigenvalue weighted by atomic mass is 9.75. The monoisotopic (exact) mass is 472 g/mol. The van der Waals surface area contributed by atoms with Crippen LogP contribution < -0.4 is 15.0 Å². The minimum atomic E-state index is -1.69. The number of nitrogens with zero attached hydrogens (tertiary/aromatic N) is 1. The van der Waals surface area contributed by atoms with E-state index in [9.17, 15) is 24.6 Å². The largest absolute Gasteiger partial charge is 0.504 e. The minimum Gasteiger partial charge on any atom is -0.504 e. The lowest BCUT2D eigenvalue weighted by molar-refractivity contribution is -0.149. The van der Waals surface area contributed by atoms with Gasteiger partial charge >= 0.3 is 5.97 Å². The Morgan fingerprint density at radius 1 is 1.18 bits per heavy atom. The van der Waals surface area contributed by atoms with Gasteiger partial charge in [-0.15, -0.1) is 0 Å². The van der Waals surface area contributed by atoms with E-state index in [1.54, 1.807) is 42.5 Å². The van der Waals surface area contributed by atoms with E-state index < -0.39 is 41.2 Å². The van der Waals surface area contributed by atoms with Crippen molar-refractivity contribution >= 4 is 35.1 Å². The first-order valence-electron chi connectivity index (χ1n) is 10.6. The van der Waals surface area contributed by atoms with Crippen molar-refractivity contribution in [3.63, 3.8) is 0 Å². The van der Waals surface area contributed by atoms with Gasteiger partial charge in [-0.2, -0.15) is 0 Å². The summed E-state index contributed by atoms with van der Waals surface area (Å²) in [6, 6.07) is 10.1. The van der Waals surface area contributed by atoms with Gasteiger partial charge in [0.2, 0.25) is 11.8 Å². The molecular formula is C24H25ClN2O6. The Labute approximate surface area is 196 Å². The van der Waals surface area contributed by atoms with E-state index in [1.165, 1.54) is 7.11 Å². The molecule has 0 aliphatic carbocycles. The number of hydrogen-bond donors (Lipinski definition) is 3. The zero-order valence-corrected chi connectivity index (χ0v) is 19.2. The van der Waals surface area contributed by atoms with Crippen LogP contribution in [0.25, 0.3) is 0 Å². The molecule has 0 bridgehead atoms. The molecular weight excluding hydrogens is 448 g/mol. The summed E-state index contributed by atoms with van der Waals surface area (Å²) in [5.74, 6) is -4.61. The molecule has 2 aliphatic rings. The number of amides is 2. The Kier molecular flexibility index (Phi) is 5.84. The van der Waals surface area contributed by atoms with E-state index in [0.717, 1.165) is 4.90 Å². The van der Waals surface area contributed by atoms with Crippen LogP contribution >= 0.6 is 11.6 Å². The Hall–Kier alpha value is -3.10. The number of halogens is 1. The number of fused-ring (bicyclic) bond motifs is 1. The summed E-state index contributed by atoms with van der Waals surface area (Å²) < 4.78 is 5.20. The SMILES string of the molecule is COc1cccc([C@@H]2N[C@](CC(C)C)(C(=O)O)[C@H]3C(=O)N(c4ccc(Cl)cc4)C(=O)[C@@H]23)c1O. The number of phenolic OH excluding ortho intramolecular Hbond substituents is 1. The van der Waals surface area contributed by atoms with E-state index in [2.05, 4.69) is 5.32 Å². The highest BCUT2D eigenvalue weighted by molar-refractivity contribution is 6.31. The van der Waals surface area contributed by atoms with Gasteiger partial charge in [-0.1, -0.05) is 37.6 Å². The fourth-order valence-corrected chi connectivity index (χ4v) is 5.31. The molecule has 33 heavy (non-hydrogen) atoms.